The molecule has 0 fully saturated rings. The van der Waals surface area contributed by atoms with E-state index in [1.165, 1.54) is 51.4 Å². The van der Waals surface area contributed by atoms with Crippen molar-refractivity contribution in [1.29, 1.82) is 0 Å². The van der Waals surface area contributed by atoms with E-state index in [0.717, 1.165) is 25.7 Å². The molecule has 0 N–H and O–H groups in total. The second-order valence-electron chi connectivity index (χ2n) is 5.80. The van der Waals surface area contributed by atoms with E-state index in [4.69, 9.17) is 0 Å². The molecule has 0 aromatic rings. The van der Waals surface area contributed by atoms with Crippen LogP contribution in [-0.2, 0) is 4.57 Å². The molecule has 0 aromatic carbocycles. The summed E-state index contributed by atoms with van der Waals surface area (Å²) in [7, 11) is -3.05. The van der Waals surface area contributed by atoms with E-state index in [-0.39, 0.29) is 29.6 Å². The molecule has 0 radical (unpaired) electrons. The van der Waals surface area contributed by atoms with Gasteiger partial charge in [-0.05, 0) is 25.2 Å². The zero-order valence-electron chi connectivity index (χ0n) is 14.2. The number of unbranched alkanes of at least 4 members (excludes halogenated alkanes) is 10. The first kappa shape index (κ1) is 23.5. The van der Waals surface area contributed by atoms with Crippen molar-refractivity contribution in [3.63, 3.8) is 0 Å². The number of hydrogen-bond donors (Lipinski definition) is 0. The second-order valence-corrected chi connectivity index (χ2v) is 8.32. The van der Waals surface area contributed by atoms with Crippen LogP contribution >= 0.6 is 7.37 Å². The summed E-state index contributed by atoms with van der Waals surface area (Å²) in [6, 6.07) is 0. The van der Waals surface area contributed by atoms with Crippen molar-refractivity contribution in [2.24, 2.45) is 0 Å². The first-order valence-electron chi connectivity index (χ1n) is 8.41. The van der Waals surface area contributed by atoms with Crippen LogP contribution in [0.4, 0.5) is 0 Å². The summed E-state index contributed by atoms with van der Waals surface area (Å²) in [5, 5.41) is 0. The van der Waals surface area contributed by atoms with Crippen LogP contribution in [-0.4, -0.2) is 12.3 Å². The van der Waals surface area contributed by atoms with Crippen LogP contribution in [0.25, 0.3) is 0 Å². The molecule has 0 aliphatic rings. The van der Waals surface area contributed by atoms with E-state index in [1.54, 1.807) is 0 Å². The first-order chi connectivity index (χ1) is 9.12. The molecule has 0 saturated heterocycles. The fourth-order valence-corrected chi connectivity index (χ4v) is 4.01. The molecule has 4 heteroatoms. The van der Waals surface area contributed by atoms with Gasteiger partial charge in [-0.15, -0.1) is 0 Å². The quantitative estimate of drug-likeness (QED) is 0.281. The summed E-state index contributed by atoms with van der Waals surface area (Å²) in [6.45, 7) is 4.40. The van der Waals surface area contributed by atoms with Gasteiger partial charge in [-0.25, -0.2) is 0 Å². The molecule has 2 nitrogen and oxygen atoms in total. The fourth-order valence-electron chi connectivity index (χ4n) is 2.38. The van der Waals surface area contributed by atoms with Gasteiger partial charge in [0.2, 0.25) is 0 Å². The zero-order chi connectivity index (χ0) is 14.4. The Morgan fingerprint density at radius 3 is 1.30 bits per heavy atom. The Morgan fingerprint density at radius 1 is 0.650 bits per heavy atom. The first-order valence-corrected chi connectivity index (χ1v) is 10.4. The van der Waals surface area contributed by atoms with Gasteiger partial charge in [-0.2, -0.15) is 0 Å². The van der Waals surface area contributed by atoms with Gasteiger partial charge in [0.05, 0.1) is 0 Å². The molecular weight excluding hydrogens is 278 g/mol. The van der Waals surface area contributed by atoms with Crippen molar-refractivity contribution in [3.8, 4) is 0 Å². The minimum absolute atomic E-state index is 0. The molecule has 0 heterocycles. The topological polar surface area (TPSA) is 40.1 Å². The molecule has 0 aliphatic carbocycles. The molecule has 0 atom stereocenters. The Kier molecular flexibility index (Phi) is 19.4. The van der Waals surface area contributed by atoms with Crippen molar-refractivity contribution < 1.29 is 39.0 Å². The normalized spacial score (nSPS) is 11.3. The third-order valence-electron chi connectivity index (χ3n) is 3.70. The van der Waals surface area contributed by atoms with E-state index in [9.17, 15) is 9.46 Å². The Hall–Kier alpha value is 1.19. The summed E-state index contributed by atoms with van der Waals surface area (Å²) < 4.78 is 11.8. The molecule has 0 aliphatic heterocycles. The van der Waals surface area contributed by atoms with E-state index in [0.29, 0.717) is 12.3 Å². The van der Waals surface area contributed by atoms with Crippen molar-refractivity contribution in [3.05, 3.63) is 0 Å². The van der Waals surface area contributed by atoms with Gasteiger partial charge in [0.15, 0.2) is 0 Å². The molecule has 0 amide bonds. The van der Waals surface area contributed by atoms with Gasteiger partial charge in [-0.3, -0.25) is 0 Å². The minimum atomic E-state index is -3.05. The van der Waals surface area contributed by atoms with Gasteiger partial charge in [0, 0.05) is 7.37 Å². The van der Waals surface area contributed by atoms with E-state index < -0.39 is 7.37 Å². The van der Waals surface area contributed by atoms with Crippen LogP contribution in [0.5, 0.6) is 0 Å². The second kappa shape index (κ2) is 16.6. The van der Waals surface area contributed by atoms with Crippen LogP contribution in [0.15, 0.2) is 0 Å². The van der Waals surface area contributed by atoms with Crippen LogP contribution in [0.3, 0.4) is 0 Å². The average Bonchev–Trinajstić information content (AvgIpc) is 2.38. The van der Waals surface area contributed by atoms with E-state index in [2.05, 4.69) is 13.8 Å². The van der Waals surface area contributed by atoms with Gasteiger partial charge in [0.1, 0.15) is 0 Å². The van der Waals surface area contributed by atoms with Crippen LogP contribution < -0.4 is 34.5 Å². The Balaban J connectivity index is 0. The summed E-state index contributed by atoms with van der Waals surface area (Å²) >= 11 is 0. The van der Waals surface area contributed by atoms with Crippen molar-refractivity contribution in [2.45, 2.75) is 90.9 Å². The molecule has 0 spiro atoms. The van der Waals surface area contributed by atoms with Gasteiger partial charge < -0.3 is 9.46 Å². The van der Waals surface area contributed by atoms with Gasteiger partial charge >= 0.3 is 29.6 Å². The monoisotopic (exact) mass is 312 g/mol. The molecule has 0 saturated carbocycles. The SMILES string of the molecule is CCCCCCCCP(=O)([O-])CCCCCCCC.[Na+]. The van der Waals surface area contributed by atoms with Crippen LogP contribution in [0.2, 0.25) is 0 Å². The predicted octanol–water partition coefficient (Wildman–Crippen LogP) is 2.35. The van der Waals surface area contributed by atoms with E-state index >= 15 is 0 Å². The molecule has 0 aromatic heterocycles. The Labute approximate surface area is 149 Å². The minimum Gasteiger partial charge on any atom is -0.799 e. The number of rotatable bonds is 14. The van der Waals surface area contributed by atoms with Gasteiger partial charge in [-0.1, -0.05) is 78.1 Å². The largest absolute Gasteiger partial charge is 1.00 e. The molecule has 116 valence electrons. The van der Waals surface area contributed by atoms with Crippen molar-refractivity contribution in [1.82, 2.24) is 0 Å². The van der Waals surface area contributed by atoms with Crippen LogP contribution in [0.1, 0.15) is 90.9 Å². The number of hydrogen-bond acceptors (Lipinski definition) is 2. The maximum atomic E-state index is 11.8. The maximum Gasteiger partial charge on any atom is 1.00 e. The fraction of sp³-hybridized carbons (Fsp3) is 1.00. The van der Waals surface area contributed by atoms with Crippen molar-refractivity contribution in [2.75, 3.05) is 12.3 Å². The van der Waals surface area contributed by atoms with Gasteiger partial charge in [0.25, 0.3) is 0 Å². The summed E-state index contributed by atoms with van der Waals surface area (Å²) in [4.78, 5) is 11.8. The van der Waals surface area contributed by atoms with Crippen molar-refractivity contribution >= 4 is 7.37 Å². The molecule has 20 heavy (non-hydrogen) atoms. The molecular formula is C16H34NaO2P. The molecule has 0 unspecified atom stereocenters. The standard InChI is InChI=1S/C16H35O2P.Na/c1-3-5-7-9-11-13-15-19(17,18)16-14-12-10-8-6-4-2;/h3-16H2,1-2H3,(H,17,18);/q;+1/p-1. The smallest absolute Gasteiger partial charge is 0.799 e. The summed E-state index contributed by atoms with van der Waals surface area (Å²) in [5.74, 6) is 0. The van der Waals surface area contributed by atoms with Crippen LogP contribution in [0, 0.1) is 0 Å². The Morgan fingerprint density at radius 2 is 0.950 bits per heavy atom. The zero-order valence-corrected chi connectivity index (χ0v) is 17.1. The summed E-state index contributed by atoms with van der Waals surface area (Å²) in [5.41, 5.74) is 0. The Bertz CT molecular complexity index is 215. The third kappa shape index (κ3) is 17.2. The van der Waals surface area contributed by atoms with E-state index in [1.807, 2.05) is 0 Å². The maximum absolute atomic E-state index is 11.8. The average molecular weight is 312 g/mol. The predicted molar refractivity (Wildman–Crippen MR) is 84.1 cm³/mol. The third-order valence-corrected chi connectivity index (χ3v) is 5.70. The summed E-state index contributed by atoms with van der Waals surface area (Å²) in [6.07, 6.45) is 14.8. The molecule has 0 bridgehead atoms. The molecule has 0 rings (SSSR count).